The van der Waals surface area contributed by atoms with Crippen LogP contribution in [0.2, 0.25) is 0 Å². The van der Waals surface area contributed by atoms with Crippen molar-refractivity contribution in [1.29, 1.82) is 0 Å². The Kier molecular flexibility index (Phi) is 3.79. The van der Waals surface area contributed by atoms with Crippen molar-refractivity contribution in [3.8, 4) is 0 Å². The van der Waals surface area contributed by atoms with Gasteiger partial charge in [0.2, 0.25) is 5.91 Å². The number of esters is 1. The predicted octanol–water partition coefficient (Wildman–Crippen LogP) is 2.09. The molecule has 0 bridgehead atoms. The standard InChI is InChI=1S/C15H16N2O5S/c1-15(2)13(16-11(18)7-12(16)23-15)14(19)22-8-9-3-5-10(6-4-9)17(20)21/h3-6,12-13H,7-8H2,1-2H3/t12-,13+/m1/s1. The third-order valence-corrected chi connectivity index (χ3v) is 5.57. The summed E-state index contributed by atoms with van der Waals surface area (Å²) in [5.41, 5.74) is 0.654. The van der Waals surface area contributed by atoms with Crippen LogP contribution in [-0.2, 0) is 20.9 Å². The van der Waals surface area contributed by atoms with Crippen LogP contribution in [-0.4, -0.2) is 37.9 Å². The molecule has 2 aliphatic heterocycles. The molecule has 0 N–H and O–H groups in total. The first-order valence-corrected chi connectivity index (χ1v) is 8.06. The fourth-order valence-corrected chi connectivity index (χ4v) is 4.52. The van der Waals surface area contributed by atoms with Crippen LogP contribution in [0.5, 0.6) is 0 Å². The highest BCUT2D eigenvalue weighted by molar-refractivity contribution is 8.01. The molecule has 122 valence electrons. The van der Waals surface area contributed by atoms with E-state index < -0.39 is 16.9 Å². The van der Waals surface area contributed by atoms with E-state index in [1.165, 1.54) is 12.1 Å². The SMILES string of the molecule is CC1(C)S[C@@H]2CC(=O)N2[C@H]1C(=O)OCc1ccc([N+](=O)[O-])cc1. The van der Waals surface area contributed by atoms with Gasteiger partial charge in [-0.25, -0.2) is 4.79 Å². The minimum absolute atomic E-state index is 0.0116. The molecule has 0 unspecified atom stereocenters. The zero-order valence-corrected chi connectivity index (χ0v) is 13.5. The predicted molar refractivity (Wildman–Crippen MR) is 83.6 cm³/mol. The number of amides is 1. The Bertz CT molecular complexity index is 673. The zero-order chi connectivity index (χ0) is 16.8. The normalized spacial score (nSPS) is 24.8. The number of nitrogens with zero attached hydrogens (tertiary/aromatic N) is 2. The molecule has 0 saturated carbocycles. The molecular weight excluding hydrogens is 320 g/mol. The van der Waals surface area contributed by atoms with Crippen LogP contribution in [0.15, 0.2) is 24.3 Å². The van der Waals surface area contributed by atoms with Crippen molar-refractivity contribution >= 4 is 29.3 Å². The Morgan fingerprint density at radius 1 is 1.43 bits per heavy atom. The minimum atomic E-state index is -0.586. The van der Waals surface area contributed by atoms with Crippen molar-refractivity contribution in [2.45, 2.75) is 43.0 Å². The maximum atomic E-state index is 12.4. The van der Waals surface area contributed by atoms with E-state index in [-0.39, 0.29) is 28.3 Å². The molecule has 7 nitrogen and oxygen atoms in total. The minimum Gasteiger partial charge on any atom is -0.459 e. The maximum Gasteiger partial charge on any atom is 0.330 e. The van der Waals surface area contributed by atoms with E-state index >= 15 is 0 Å². The van der Waals surface area contributed by atoms with Crippen LogP contribution in [0.1, 0.15) is 25.8 Å². The van der Waals surface area contributed by atoms with E-state index in [0.29, 0.717) is 12.0 Å². The lowest BCUT2D eigenvalue weighted by atomic mass is 9.98. The van der Waals surface area contributed by atoms with Gasteiger partial charge >= 0.3 is 5.97 Å². The van der Waals surface area contributed by atoms with Crippen molar-refractivity contribution < 1.29 is 19.2 Å². The highest BCUT2D eigenvalue weighted by Crippen LogP contribution is 2.50. The van der Waals surface area contributed by atoms with Gasteiger partial charge in [-0.2, -0.15) is 0 Å². The zero-order valence-electron chi connectivity index (χ0n) is 12.7. The highest BCUT2D eigenvalue weighted by Gasteiger charge is 2.59. The van der Waals surface area contributed by atoms with Crippen LogP contribution < -0.4 is 0 Å². The monoisotopic (exact) mass is 336 g/mol. The molecular formula is C15H16N2O5S. The van der Waals surface area contributed by atoms with Gasteiger partial charge in [0.05, 0.1) is 16.7 Å². The number of carbonyl (C=O) groups is 2. The second-order valence-electron chi connectivity index (χ2n) is 6.11. The largest absolute Gasteiger partial charge is 0.459 e. The summed E-state index contributed by atoms with van der Waals surface area (Å²) in [5, 5.41) is 10.7. The molecule has 1 aromatic rings. The van der Waals surface area contributed by atoms with E-state index in [4.69, 9.17) is 4.74 Å². The number of rotatable bonds is 4. The molecule has 2 saturated heterocycles. The molecule has 0 aliphatic carbocycles. The molecule has 0 radical (unpaired) electrons. The van der Waals surface area contributed by atoms with Gasteiger partial charge in [-0.3, -0.25) is 14.9 Å². The molecule has 2 heterocycles. The van der Waals surface area contributed by atoms with Crippen molar-refractivity contribution in [2.75, 3.05) is 0 Å². The van der Waals surface area contributed by atoms with E-state index in [9.17, 15) is 19.7 Å². The summed E-state index contributed by atoms with van der Waals surface area (Å²) in [6.45, 7) is 3.89. The number of nitro benzene ring substituents is 1. The number of nitro groups is 1. The quantitative estimate of drug-likeness (QED) is 0.362. The maximum absolute atomic E-state index is 12.4. The summed E-state index contributed by atoms with van der Waals surface area (Å²) in [6.07, 6.45) is 0.472. The van der Waals surface area contributed by atoms with Crippen molar-refractivity contribution in [3.05, 3.63) is 39.9 Å². The molecule has 2 atom stereocenters. The van der Waals surface area contributed by atoms with Crippen LogP contribution >= 0.6 is 11.8 Å². The van der Waals surface area contributed by atoms with E-state index in [0.717, 1.165) is 0 Å². The highest BCUT2D eigenvalue weighted by atomic mass is 32.2. The topological polar surface area (TPSA) is 89.8 Å². The molecule has 2 fully saturated rings. The van der Waals surface area contributed by atoms with Gasteiger partial charge in [0.15, 0.2) is 0 Å². The van der Waals surface area contributed by atoms with Gasteiger partial charge in [-0.05, 0) is 31.5 Å². The summed E-state index contributed by atoms with van der Waals surface area (Å²) in [5.74, 6) is -0.457. The number of β-lactam (4-membered cyclic amide) rings is 1. The third-order valence-electron chi connectivity index (χ3n) is 4.08. The number of hydrogen-bond donors (Lipinski definition) is 0. The smallest absolute Gasteiger partial charge is 0.330 e. The number of hydrogen-bond acceptors (Lipinski definition) is 6. The van der Waals surface area contributed by atoms with Gasteiger partial charge < -0.3 is 9.64 Å². The Hall–Kier alpha value is -2.09. The number of benzene rings is 1. The summed E-state index contributed by atoms with van der Waals surface area (Å²) in [4.78, 5) is 35.9. The Labute approximate surface area is 137 Å². The molecule has 3 rings (SSSR count). The van der Waals surface area contributed by atoms with E-state index in [1.807, 2.05) is 13.8 Å². The van der Waals surface area contributed by atoms with Crippen LogP contribution in [0, 0.1) is 10.1 Å². The van der Waals surface area contributed by atoms with E-state index in [2.05, 4.69) is 0 Å². The average molecular weight is 336 g/mol. The number of non-ortho nitro benzene ring substituents is 1. The second-order valence-corrected chi connectivity index (χ2v) is 7.95. The number of thioether (sulfide) groups is 1. The fraction of sp³-hybridized carbons (Fsp3) is 0.467. The molecule has 0 spiro atoms. The van der Waals surface area contributed by atoms with E-state index in [1.54, 1.807) is 28.8 Å². The first kappa shape index (κ1) is 15.8. The summed E-state index contributed by atoms with van der Waals surface area (Å²) < 4.78 is 4.95. The Morgan fingerprint density at radius 3 is 2.65 bits per heavy atom. The molecule has 8 heteroatoms. The molecule has 0 aromatic heterocycles. The second kappa shape index (κ2) is 5.52. The van der Waals surface area contributed by atoms with Crippen LogP contribution in [0.4, 0.5) is 5.69 Å². The lowest BCUT2D eigenvalue weighted by Crippen LogP contribution is -2.57. The summed E-state index contributed by atoms with van der Waals surface area (Å²) in [7, 11) is 0. The third kappa shape index (κ3) is 2.78. The Morgan fingerprint density at radius 2 is 2.09 bits per heavy atom. The van der Waals surface area contributed by atoms with Crippen LogP contribution in [0.3, 0.4) is 0 Å². The first-order valence-electron chi connectivity index (χ1n) is 7.18. The van der Waals surface area contributed by atoms with Crippen molar-refractivity contribution in [1.82, 2.24) is 4.90 Å². The van der Waals surface area contributed by atoms with Crippen molar-refractivity contribution in [2.24, 2.45) is 0 Å². The average Bonchev–Trinajstić information content (AvgIpc) is 2.71. The Balaban J connectivity index is 1.65. The summed E-state index contributed by atoms with van der Waals surface area (Å²) in [6, 6.07) is 5.26. The molecule has 23 heavy (non-hydrogen) atoms. The van der Waals surface area contributed by atoms with Crippen LogP contribution in [0.25, 0.3) is 0 Å². The number of ether oxygens (including phenoxy) is 1. The van der Waals surface area contributed by atoms with Gasteiger partial charge in [0.1, 0.15) is 12.6 Å². The number of fused-ring (bicyclic) bond motifs is 1. The fourth-order valence-electron chi connectivity index (χ4n) is 2.90. The lowest BCUT2D eigenvalue weighted by Gasteiger charge is -2.37. The van der Waals surface area contributed by atoms with Gasteiger partial charge in [-0.15, -0.1) is 11.8 Å². The van der Waals surface area contributed by atoms with Gasteiger partial charge in [-0.1, -0.05) is 0 Å². The van der Waals surface area contributed by atoms with Crippen molar-refractivity contribution in [3.63, 3.8) is 0 Å². The lowest BCUT2D eigenvalue weighted by molar-refractivity contribution is -0.384. The summed E-state index contributed by atoms with van der Waals surface area (Å²) >= 11 is 1.61. The van der Waals surface area contributed by atoms with Gasteiger partial charge in [0.25, 0.3) is 5.69 Å². The van der Waals surface area contributed by atoms with Gasteiger partial charge in [0, 0.05) is 16.9 Å². The number of carbonyl (C=O) groups excluding carboxylic acids is 2. The molecule has 1 aromatic carbocycles. The molecule has 2 aliphatic rings. The first-order chi connectivity index (χ1) is 10.8. The molecule has 1 amide bonds.